The fraction of sp³-hybridized carbons (Fsp3) is 0.375. The van der Waals surface area contributed by atoms with Crippen LogP contribution in [0.4, 0.5) is 0 Å². The van der Waals surface area contributed by atoms with Crippen molar-refractivity contribution < 1.29 is 14.6 Å². The summed E-state index contributed by atoms with van der Waals surface area (Å²) >= 11 is 1.22. The van der Waals surface area contributed by atoms with Crippen LogP contribution in [0.15, 0.2) is 24.3 Å². The number of methoxy groups -OCH3 is 1. The van der Waals surface area contributed by atoms with Gasteiger partial charge < -0.3 is 9.84 Å². The summed E-state index contributed by atoms with van der Waals surface area (Å²) in [7, 11) is 1.65. The smallest absolute Gasteiger partial charge is 0.347 e. The van der Waals surface area contributed by atoms with E-state index in [2.05, 4.69) is 4.98 Å². The highest BCUT2D eigenvalue weighted by molar-refractivity contribution is 7.17. The van der Waals surface area contributed by atoms with Crippen molar-refractivity contribution in [3.63, 3.8) is 0 Å². The number of aromatic carboxylic acids is 1. The number of thiazole rings is 1. The number of carbonyl (C=O) groups is 1. The third kappa shape index (κ3) is 3.49. The number of carboxylic acid groups (broad SMARTS) is 1. The zero-order valence-electron chi connectivity index (χ0n) is 12.6. The van der Waals surface area contributed by atoms with E-state index in [0.717, 1.165) is 16.1 Å². The molecule has 2 aromatic rings. The van der Waals surface area contributed by atoms with Crippen molar-refractivity contribution in [1.82, 2.24) is 4.98 Å². The van der Waals surface area contributed by atoms with E-state index in [-0.39, 0.29) is 5.41 Å². The van der Waals surface area contributed by atoms with Crippen molar-refractivity contribution in [2.24, 2.45) is 0 Å². The summed E-state index contributed by atoms with van der Waals surface area (Å²) in [5, 5.41) is 10.1. The first-order chi connectivity index (χ1) is 9.82. The minimum Gasteiger partial charge on any atom is -0.477 e. The second-order valence-electron chi connectivity index (χ2n) is 5.89. The molecule has 5 heteroatoms. The van der Waals surface area contributed by atoms with Crippen LogP contribution in [0.5, 0.6) is 0 Å². The number of nitrogens with zero attached hydrogens (tertiary/aromatic N) is 1. The summed E-state index contributed by atoms with van der Waals surface area (Å²) in [4.78, 5) is 16.3. The lowest BCUT2D eigenvalue weighted by atomic mass is 9.91. The zero-order valence-corrected chi connectivity index (χ0v) is 13.5. The van der Waals surface area contributed by atoms with Gasteiger partial charge in [0.1, 0.15) is 9.88 Å². The Labute approximate surface area is 128 Å². The molecule has 21 heavy (non-hydrogen) atoms. The predicted octanol–water partition coefficient (Wildman–Crippen LogP) is 3.95. The second-order valence-corrected chi connectivity index (χ2v) is 6.88. The van der Waals surface area contributed by atoms with Gasteiger partial charge in [-0.15, -0.1) is 11.3 Å². The molecule has 0 spiro atoms. The third-order valence-electron chi connectivity index (χ3n) is 3.02. The van der Waals surface area contributed by atoms with Crippen LogP contribution in [0.2, 0.25) is 0 Å². The number of hydrogen-bond donors (Lipinski definition) is 1. The van der Waals surface area contributed by atoms with Gasteiger partial charge in [0, 0.05) is 18.1 Å². The van der Waals surface area contributed by atoms with Crippen LogP contribution in [0, 0.1) is 0 Å². The molecule has 4 nitrogen and oxygen atoms in total. The highest BCUT2D eigenvalue weighted by atomic mass is 32.1. The molecule has 0 atom stereocenters. The van der Waals surface area contributed by atoms with Crippen molar-refractivity contribution in [1.29, 1.82) is 0 Å². The highest BCUT2D eigenvalue weighted by Crippen LogP contribution is 2.34. The largest absolute Gasteiger partial charge is 0.477 e. The molecule has 1 heterocycles. The minimum atomic E-state index is -0.920. The number of benzene rings is 1. The Morgan fingerprint density at radius 1 is 1.38 bits per heavy atom. The van der Waals surface area contributed by atoms with Crippen LogP contribution in [-0.2, 0) is 16.8 Å². The van der Waals surface area contributed by atoms with Crippen molar-refractivity contribution in [3.8, 4) is 10.6 Å². The average Bonchev–Trinajstić information content (AvgIpc) is 2.84. The third-order valence-corrected chi connectivity index (χ3v) is 4.11. The zero-order chi connectivity index (χ0) is 15.6. The van der Waals surface area contributed by atoms with Crippen molar-refractivity contribution >= 4 is 17.3 Å². The topological polar surface area (TPSA) is 59.4 Å². The van der Waals surface area contributed by atoms with Crippen LogP contribution in [-0.4, -0.2) is 23.2 Å². The molecule has 0 saturated carbocycles. The number of rotatable bonds is 4. The van der Waals surface area contributed by atoms with Gasteiger partial charge in [0.05, 0.1) is 12.3 Å². The van der Waals surface area contributed by atoms with Gasteiger partial charge in [-0.05, 0) is 11.6 Å². The Hall–Kier alpha value is -1.72. The maximum Gasteiger partial charge on any atom is 0.347 e. The second kappa shape index (κ2) is 5.95. The molecule has 0 aliphatic carbocycles. The van der Waals surface area contributed by atoms with Gasteiger partial charge in [0.2, 0.25) is 0 Å². The van der Waals surface area contributed by atoms with E-state index in [1.807, 2.05) is 45.0 Å². The van der Waals surface area contributed by atoms with Gasteiger partial charge in [-0.25, -0.2) is 9.78 Å². The summed E-state index contributed by atoms with van der Waals surface area (Å²) in [5.74, 6) is -0.920. The van der Waals surface area contributed by atoms with Gasteiger partial charge >= 0.3 is 5.97 Å². The van der Waals surface area contributed by atoms with E-state index >= 15 is 0 Å². The monoisotopic (exact) mass is 305 g/mol. The van der Waals surface area contributed by atoms with Crippen molar-refractivity contribution in [2.75, 3.05) is 7.11 Å². The molecule has 1 aromatic heterocycles. The number of ether oxygens (including phenoxy) is 1. The van der Waals surface area contributed by atoms with Crippen LogP contribution in [0.25, 0.3) is 10.6 Å². The fourth-order valence-electron chi connectivity index (χ4n) is 2.06. The molecule has 1 N–H and O–H groups in total. The molecule has 0 aliphatic rings. The number of carboxylic acids is 1. The quantitative estimate of drug-likeness (QED) is 0.929. The lowest BCUT2D eigenvalue weighted by Crippen LogP contribution is -2.16. The minimum absolute atomic E-state index is 0.299. The first-order valence-corrected chi connectivity index (χ1v) is 7.47. The fourth-order valence-corrected chi connectivity index (χ4v) is 3.17. The van der Waals surface area contributed by atoms with Crippen LogP contribution in [0.3, 0.4) is 0 Å². The van der Waals surface area contributed by atoms with Gasteiger partial charge in [-0.1, -0.05) is 39.0 Å². The number of hydrogen-bond acceptors (Lipinski definition) is 4. The molecule has 2 rings (SSSR count). The van der Waals surface area contributed by atoms with E-state index < -0.39 is 5.97 Å². The van der Waals surface area contributed by atoms with Crippen LogP contribution >= 0.6 is 11.3 Å². The van der Waals surface area contributed by atoms with Crippen LogP contribution < -0.4 is 0 Å². The Morgan fingerprint density at radius 2 is 2.10 bits per heavy atom. The Balaban J connectivity index is 2.50. The van der Waals surface area contributed by atoms with Crippen molar-refractivity contribution in [3.05, 3.63) is 40.4 Å². The lowest BCUT2D eigenvalue weighted by Gasteiger charge is -2.16. The molecule has 0 fully saturated rings. The summed E-state index contributed by atoms with van der Waals surface area (Å²) in [6.07, 6.45) is 0. The lowest BCUT2D eigenvalue weighted by molar-refractivity contribution is 0.0699. The summed E-state index contributed by atoms with van der Waals surface area (Å²) < 4.78 is 5.13. The molecule has 0 aliphatic heterocycles. The summed E-state index contributed by atoms with van der Waals surface area (Å²) in [6, 6.07) is 7.84. The van der Waals surface area contributed by atoms with E-state index in [4.69, 9.17) is 4.74 Å². The van der Waals surface area contributed by atoms with Crippen LogP contribution in [0.1, 0.15) is 41.7 Å². The normalized spacial score (nSPS) is 11.6. The summed E-state index contributed by atoms with van der Waals surface area (Å²) in [6.45, 7) is 6.44. The molecule has 0 bridgehead atoms. The first-order valence-electron chi connectivity index (χ1n) is 6.66. The van der Waals surface area contributed by atoms with E-state index in [0.29, 0.717) is 17.2 Å². The van der Waals surface area contributed by atoms with Gasteiger partial charge in [-0.2, -0.15) is 0 Å². The Bertz CT molecular complexity index is 656. The molecule has 0 amide bonds. The summed E-state index contributed by atoms with van der Waals surface area (Å²) in [5.41, 5.74) is 2.30. The molecule has 0 saturated heterocycles. The Kier molecular flexibility index (Phi) is 4.44. The van der Waals surface area contributed by atoms with Gasteiger partial charge in [-0.3, -0.25) is 0 Å². The standard InChI is InChI=1S/C16H19NO3S/c1-16(2,3)13-12(15(18)19)21-14(17-13)11-7-5-6-10(8-11)9-20-4/h5-8H,9H2,1-4H3,(H,18,19). The van der Waals surface area contributed by atoms with Crippen molar-refractivity contribution in [2.45, 2.75) is 32.8 Å². The first kappa shape index (κ1) is 15.7. The predicted molar refractivity (Wildman–Crippen MR) is 83.9 cm³/mol. The molecule has 0 unspecified atom stereocenters. The maximum absolute atomic E-state index is 11.4. The van der Waals surface area contributed by atoms with Gasteiger partial charge in [0.15, 0.2) is 0 Å². The molecular formula is C16H19NO3S. The molecule has 1 aromatic carbocycles. The van der Waals surface area contributed by atoms with E-state index in [1.54, 1.807) is 7.11 Å². The van der Waals surface area contributed by atoms with Gasteiger partial charge in [0.25, 0.3) is 0 Å². The van der Waals surface area contributed by atoms with E-state index in [1.165, 1.54) is 11.3 Å². The Morgan fingerprint density at radius 3 is 2.62 bits per heavy atom. The highest BCUT2D eigenvalue weighted by Gasteiger charge is 2.27. The number of aromatic nitrogens is 1. The molecule has 112 valence electrons. The SMILES string of the molecule is COCc1cccc(-c2nc(C(C)(C)C)c(C(=O)O)s2)c1. The maximum atomic E-state index is 11.4. The molecule has 0 radical (unpaired) electrons. The van der Waals surface area contributed by atoms with E-state index in [9.17, 15) is 9.90 Å². The molecular weight excluding hydrogens is 286 g/mol. The average molecular weight is 305 g/mol.